The van der Waals surface area contributed by atoms with Gasteiger partial charge in [-0.25, -0.2) is 4.98 Å². The number of hydrogen-bond donors (Lipinski definition) is 2. The topological polar surface area (TPSA) is 88.8 Å². The summed E-state index contributed by atoms with van der Waals surface area (Å²) >= 11 is 2.67. The van der Waals surface area contributed by atoms with Crippen molar-refractivity contribution in [3.63, 3.8) is 0 Å². The first-order valence-corrected chi connectivity index (χ1v) is 10.9. The standard InChI is InChI=1S/C20H21N3O2S2/c1-2-15(17(21)24)27-20-22-18(25)16-14(10-26-19(16)23-20)13-8-7-11-5-3-4-6-12(11)9-13/h7-10,15H,2-6H2,1H3,(H2,21,24)(H,22,23,25). The van der Waals surface area contributed by atoms with Crippen LogP contribution in [0, 0.1) is 0 Å². The summed E-state index contributed by atoms with van der Waals surface area (Å²) in [7, 11) is 0. The van der Waals surface area contributed by atoms with Gasteiger partial charge >= 0.3 is 0 Å². The van der Waals surface area contributed by atoms with Gasteiger partial charge in [-0.1, -0.05) is 36.9 Å². The molecule has 5 nitrogen and oxygen atoms in total. The van der Waals surface area contributed by atoms with Gasteiger partial charge in [-0.05, 0) is 48.8 Å². The second kappa shape index (κ2) is 7.48. The number of hydrogen-bond acceptors (Lipinski definition) is 5. The van der Waals surface area contributed by atoms with Crippen LogP contribution in [0.2, 0.25) is 0 Å². The van der Waals surface area contributed by atoms with E-state index < -0.39 is 11.2 Å². The van der Waals surface area contributed by atoms with Gasteiger partial charge in [-0.15, -0.1) is 11.3 Å². The number of nitrogens with two attached hydrogens (primary N) is 1. The predicted octanol–water partition coefficient (Wildman–Crippen LogP) is 3.89. The van der Waals surface area contributed by atoms with Gasteiger partial charge in [0.15, 0.2) is 5.16 Å². The first-order valence-electron chi connectivity index (χ1n) is 9.16. The number of primary amides is 1. The van der Waals surface area contributed by atoms with Gasteiger partial charge in [0.1, 0.15) is 4.83 Å². The van der Waals surface area contributed by atoms with Crippen molar-refractivity contribution < 1.29 is 4.79 Å². The van der Waals surface area contributed by atoms with Crippen molar-refractivity contribution in [2.45, 2.75) is 49.4 Å². The van der Waals surface area contributed by atoms with Gasteiger partial charge in [-0.3, -0.25) is 9.59 Å². The molecule has 0 saturated heterocycles. The molecule has 1 aliphatic rings. The average Bonchev–Trinajstić information content (AvgIpc) is 3.10. The molecule has 1 amide bonds. The largest absolute Gasteiger partial charge is 0.369 e. The number of amides is 1. The van der Waals surface area contributed by atoms with Crippen molar-refractivity contribution >= 4 is 39.2 Å². The molecule has 140 valence electrons. The third-order valence-electron chi connectivity index (χ3n) is 5.02. The molecule has 2 heterocycles. The number of carbonyl (C=O) groups excluding carboxylic acids is 1. The summed E-state index contributed by atoms with van der Waals surface area (Å²) in [6.07, 6.45) is 5.31. The van der Waals surface area contributed by atoms with Crippen LogP contribution >= 0.6 is 23.1 Å². The number of aromatic amines is 1. The zero-order chi connectivity index (χ0) is 19.0. The van der Waals surface area contributed by atoms with Crippen molar-refractivity contribution in [3.05, 3.63) is 45.1 Å². The fraction of sp³-hybridized carbons (Fsp3) is 0.350. The Morgan fingerprint density at radius 2 is 2.11 bits per heavy atom. The molecule has 0 radical (unpaired) electrons. The third-order valence-corrected chi connectivity index (χ3v) is 7.16. The number of aromatic nitrogens is 2. The number of thiophene rings is 1. The molecule has 0 spiro atoms. The maximum Gasteiger partial charge on any atom is 0.260 e. The molecule has 0 aliphatic heterocycles. The minimum atomic E-state index is -0.398. The Kier molecular flexibility index (Phi) is 5.06. The van der Waals surface area contributed by atoms with Crippen LogP contribution in [0.1, 0.15) is 37.3 Å². The van der Waals surface area contributed by atoms with Gasteiger partial charge in [0, 0.05) is 10.9 Å². The summed E-state index contributed by atoms with van der Waals surface area (Å²) in [4.78, 5) is 32.3. The number of nitrogens with zero attached hydrogens (tertiary/aromatic N) is 1. The number of benzene rings is 1. The molecule has 1 aliphatic carbocycles. The number of rotatable bonds is 5. The summed E-state index contributed by atoms with van der Waals surface area (Å²) in [6, 6.07) is 6.52. The molecular weight excluding hydrogens is 378 g/mol. The van der Waals surface area contributed by atoms with Crippen LogP contribution in [0.5, 0.6) is 0 Å². The Hall–Kier alpha value is -2.12. The van der Waals surface area contributed by atoms with E-state index in [-0.39, 0.29) is 5.56 Å². The van der Waals surface area contributed by atoms with E-state index >= 15 is 0 Å². The molecule has 1 aromatic carbocycles. The minimum absolute atomic E-state index is 0.171. The van der Waals surface area contributed by atoms with Crippen molar-refractivity contribution in [2.24, 2.45) is 5.73 Å². The molecule has 0 bridgehead atoms. The lowest BCUT2D eigenvalue weighted by Crippen LogP contribution is -2.25. The van der Waals surface area contributed by atoms with Crippen LogP contribution in [0.3, 0.4) is 0 Å². The van der Waals surface area contributed by atoms with Crippen LogP contribution in [-0.2, 0) is 17.6 Å². The van der Waals surface area contributed by atoms with Crippen LogP contribution in [0.4, 0.5) is 0 Å². The molecule has 7 heteroatoms. The Labute approximate surface area is 165 Å². The van der Waals surface area contributed by atoms with Crippen LogP contribution in [0.15, 0.2) is 33.5 Å². The molecule has 1 atom stereocenters. The molecule has 4 rings (SSSR count). The van der Waals surface area contributed by atoms with Gasteiger partial charge in [0.05, 0.1) is 10.6 Å². The first-order chi connectivity index (χ1) is 13.1. The van der Waals surface area contributed by atoms with E-state index in [1.807, 2.05) is 12.3 Å². The quantitative estimate of drug-likeness (QED) is 0.503. The molecule has 0 saturated carbocycles. The number of fused-ring (bicyclic) bond motifs is 2. The monoisotopic (exact) mass is 399 g/mol. The molecule has 3 N–H and O–H groups in total. The third kappa shape index (κ3) is 3.53. The highest BCUT2D eigenvalue weighted by Crippen LogP contribution is 2.34. The number of aryl methyl sites for hydroxylation is 2. The highest BCUT2D eigenvalue weighted by molar-refractivity contribution is 8.00. The van der Waals surface area contributed by atoms with Gasteiger partial charge < -0.3 is 10.7 Å². The molecule has 1 unspecified atom stereocenters. The van der Waals surface area contributed by atoms with Gasteiger partial charge in [0.2, 0.25) is 5.91 Å². The smallest absolute Gasteiger partial charge is 0.260 e. The Morgan fingerprint density at radius 1 is 1.33 bits per heavy atom. The van der Waals surface area contributed by atoms with Crippen LogP contribution < -0.4 is 11.3 Å². The zero-order valence-electron chi connectivity index (χ0n) is 15.1. The lowest BCUT2D eigenvalue weighted by Gasteiger charge is -2.16. The summed E-state index contributed by atoms with van der Waals surface area (Å²) in [6.45, 7) is 1.89. The van der Waals surface area contributed by atoms with Gasteiger partial charge in [-0.2, -0.15) is 0 Å². The van der Waals surface area contributed by atoms with Crippen LogP contribution in [0.25, 0.3) is 21.3 Å². The number of carbonyl (C=O) groups is 1. The number of thioether (sulfide) groups is 1. The first kappa shape index (κ1) is 18.3. The average molecular weight is 400 g/mol. The second-order valence-electron chi connectivity index (χ2n) is 6.81. The van der Waals surface area contributed by atoms with E-state index in [1.165, 1.54) is 47.1 Å². The fourth-order valence-electron chi connectivity index (χ4n) is 3.58. The molecule has 0 fully saturated rings. The Bertz CT molecular complexity index is 1070. The number of nitrogens with one attached hydrogen (secondary N) is 1. The van der Waals surface area contributed by atoms with E-state index in [0.29, 0.717) is 21.8 Å². The van der Waals surface area contributed by atoms with E-state index in [1.54, 1.807) is 0 Å². The highest BCUT2D eigenvalue weighted by atomic mass is 32.2. The SMILES string of the molecule is CCC(Sc1nc2scc(-c3ccc4c(c3)CCCC4)c2c(=O)[nH]1)C(N)=O. The Morgan fingerprint density at radius 3 is 2.85 bits per heavy atom. The van der Waals surface area contributed by atoms with Crippen molar-refractivity contribution in [3.8, 4) is 11.1 Å². The fourth-order valence-corrected chi connectivity index (χ4v) is 5.43. The summed E-state index contributed by atoms with van der Waals surface area (Å²) < 4.78 is 0. The van der Waals surface area contributed by atoms with Crippen molar-refractivity contribution in [2.75, 3.05) is 0 Å². The van der Waals surface area contributed by atoms with E-state index in [0.717, 1.165) is 24.0 Å². The van der Waals surface area contributed by atoms with E-state index in [9.17, 15) is 9.59 Å². The summed E-state index contributed by atoms with van der Waals surface area (Å²) in [5.41, 5.74) is 10.0. The predicted molar refractivity (Wildman–Crippen MR) is 111 cm³/mol. The highest BCUT2D eigenvalue weighted by Gasteiger charge is 2.19. The van der Waals surface area contributed by atoms with E-state index in [4.69, 9.17) is 5.73 Å². The number of H-pyrrole nitrogens is 1. The molecular formula is C20H21N3O2S2. The zero-order valence-corrected chi connectivity index (χ0v) is 16.7. The minimum Gasteiger partial charge on any atom is -0.369 e. The maximum absolute atomic E-state index is 12.8. The Balaban J connectivity index is 1.74. The lowest BCUT2D eigenvalue weighted by atomic mass is 9.89. The summed E-state index contributed by atoms with van der Waals surface area (Å²) in [5, 5.41) is 2.66. The summed E-state index contributed by atoms with van der Waals surface area (Å²) in [5.74, 6) is -0.397. The van der Waals surface area contributed by atoms with Gasteiger partial charge in [0.25, 0.3) is 5.56 Å². The molecule has 27 heavy (non-hydrogen) atoms. The lowest BCUT2D eigenvalue weighted by molar-refractivity contribution is -0.117. The van der Waals surface area contributed by atoms with Crippen molar-refractivity contribution in [1.82, 2.24) is 9.97 Å². The van der Waals surface area contributed by atoms with E-state index in [2.05, 4.69) is 28.2 Å². The molecule has 2 aromatic heterocycles. The van der Waals surface area contributed by atoms with Crippen molar-refractivity contribution in [1.29, 1.82) is 0 Å². The van der Waals surface area contributed by atoms with Crippen LogP contribution in [-0.4, -0.2) is 21.1 Å². The second-order valence-corrected chi connectivity index (χ2v) is 8.86. The maximum atomic E-state index is 12.8. The molecule has 3 aromatic rings. The normalized spacial score (nSPS) is 14.9.